The standard InChI is InChI=1S/C10H9IO2/c11-7-3-1-6(2-4-7)8-5-9(8)10(12)13/h1-4,8-9H,5H2,(H,12,13). The minimum absolute atomic E-state index is 0.139. The maximum atomic E-state index is 10.6. The lowest BCUT2D eigenvalue weighted by Gasteiger charge is -1.97. The Balaban J connectivity index is 2.12. The minimum atomic E-state index is -0.663. The van der Waals surface area contributed by atoms with E-state index < -0.39 is 5.97 Å². The Labute approximate surface area is 90.1 Å². The fourth-order valence-corrected chi connectivity index (χ4v) is 1.91. The van der Waals surface area contributed by atoms with E-state index in [4.69, 9.17) is 5.11 Å². The third-order valence-electron chi connectivity index (χ3n) is 2.41. The Morgan fingerprint density at radius 3 is 2.46 bits per heavy atom. The van der Waals surface area contributed by atoms with Gasteiger partial charge in [-0.25, -0.2) is 0 Å². The predicted molar refractivity (Wildman–Crippen MR) is 57.6 cm³/mol. The summed E-state index contributed by atoms with van der Waals surface area (Å²) in [4.78, 5) is 10.6. The molecule has 0 heterocycles. The van der Waals surface area contributed by atoms with Crippen molar-refractivity contribution >= 4 is 28.6 Å². The quantitative estimate of drug-likeness (QED) is 0.849. The molecule has 1 aliphatic carbocycles. The Hall–Kier alpha value is -0.580. The molecule has 1 aromatic rings. The molecule has 1 aliphatic rings. The van der Waals surface area contributed by atoms with Gasteiger partial charge in [0.1, 0.15) is 0 Å². The van der Waals surface area contributed by atoms with E-state index in [1.54, 1.807) is 0 Å². The van der Waals surface area contributed by atoms with Gasteiger partial charge in [0.15, 0.2) is 0 Å². The van der Waals surface area contributed by atoms with Crippen LogP contribution in [0.5, 0.6) is 0 Å². The van der Waals surface area contributed by atoms with Gasteiger partial charge in [-0.05, 0) is 52.6 Å². The van der Waals surface area contributed by atoms with E-state index in [2.05, 4.69) is 22.6 Å². The highest BCUT2D eigenvalue weighted by Gasteiger charge is 2.43. The van der Waals surface area contributed by atoms with Crippen LogP contribution in [0.4, 0.5) is 0 Å². The molecule has 1 aromatic carbocycles. The smallest absolute Gasteiger partial charge is 0.307 e. The topological polar surface area (TPSA) is 37.3 Å². The SMILES string of the molecule is O=C(O)C1CC1c1ccc(I)cc1. The second kappa shape index (κ2) is 3.29. The largest absolute Gasteiger partial charge is 0.481 e. The van der Waals surface area contributed by atoms with Crippen molar-refractivity contribution in [1.29, 1.82) is 0 Å². The van der Waals surface area contributed by atoms with E-state index in [1.165, 1.54) is 3.57 Å². The monoisotopic (exact) mass is 288 g/mol. The normalized spacial score (nSPS) is 25.6. The third-order valence-corrected chi connectivity index (χ3v) is 3.12. The fraction of sp³-hybridized carbons (Fsp3) is 0.300. The molecule has 0 aliphatic heterocycles. The van der Waals surface area contributed by atoms with E-state index in [-0.39, 0.29) is 11.8 Å². The van der Waals surface area contributed by atoms with Crippen molar-refractivity contribution in [2.75, 3.05) is 0 Å². The van der Waals surface area contributed by atoms with Crippen LogP contribution in [0.25, 0.3) is 0 Å². The van der Waals surface area contributed by atoms with Crippen molar-refractivity contribution in [1.82, 2.24) is 0 Å². The highest BCUT2D eigenvalue weighted by molar-refractivity contribution is 14.1. The average Bonchev–Trinajstić information content (AvgIpc) is 2.85. The summed E-state index contributed by atoms with van der Waals surface area (Å²) in [6.07, 6.45) is 0.802. The number of carboxylic acid groups (broad SMARTS) is 1. The van der Waals surface area contributed by atoms with Gasteiger partial charge in [-0.2, -0.15) is 0 Å². The average molecular weight is 288 g/mol. The van der Waals surface area contributed by atoms with Crippen molar-refractivity contribution in [3.05, 3.63) is 33.4 Å². The van der Waals surface area contributed by atoms with E-state index in [1.807, 2.05) is 24.3 Å². The number of hydrogen-bond acceptors (Lipinski definition) is 1. The van der Waals surface area contributed by atoms with Crippen molar-refractivity contribution in [2.45, 2.75) is 12.3 Å². The molecule has 2 rings (SSSR count). The molecule has 1 N–H and O–H groups in total. The third kappa shape index (κ3) is 1.85. The molecule has 0 aromatic heterocycles. The number of aliphatic carboxylic acids is 1. The Kier molecular flexibility index (Phi) is 2.27. The Morgan fingerprint density at radius 2 is 2.00 bits per heavy atom. The number of halogens is 1. The molecule has 2 nitrogen and oxygen atoms in total. The van der Waals surface area contributed by atoms with Crippen LogP contribution in [0.1, 0.15) is 17.9 Å². The van der Waals surface area contributed by atoms with E-state index in [0.717, 1.165) is 12.0 Å². The van der Waals surface area contributed by atoms with Gasteiger partial charge >= 0.3 is 5.97 Å². The van der Waals surface area contributed by atoms with Crippen LogP contribution in [-0.2, 0) is 4.79 Å². The van der Waals surface area contributed by atoms with Gasteiger partial charge in [0.2, 0.25) is 0 Å². The van der Waals surface area contributed by atoms with Gasteiger partial charge in [0.25, 0.3) is 0 Å². The second-order valence-electron chi connectivity index (χ2n) is 3.34. The number of carboxylic acids is 1. The van der Waals surface area contributed by atoms with Crippen LogP contribution in [0, 0.1) is 9.49 Å². The van der Waals surface area contributed by atoms with Crippen molar-refractivity contribution in [2.24, 2.45) is 5.92 Å². The van der Waals surface area contributed by atoms with Gasteiger partial charge in [-0.1, -0.05) is 12.1 Å². The van der Waals surface area contributed by atoms with Gasteiger partial charge in [-0.3, -0.25) is 4.79 Å². The zero-order chi connectivity index (χ0) is 9.42. The molecule has 0 amide bonds. The number of carbonyl (C=O) groups is 1. The van der Waals surface area contributed by atoms with Crippen molar-refractivity contribution < 1.29 is 9.90 Å². The molecular weight excluding hydrogens is 279 g/mol. The first-order valence-electron chi connectivity index (χ1n) is 4.17. The molecule has 0 bridgehead atoms. The zero-order valence-electron chi connectivity index (χ0n) is 6.90. The second-order valence-corrected chi connectivity index (χ2v) is 4.58. The summed E-state index contributed by atoms with van der Waals surface area (Å²) in [6.45, 7) is 0. The lowest BCUT2D eigenvalue weighted by molar-refractivity contribution is -0.138. The first-order chi connectivity index (χ1) is 6.18. The highest BCUT2D eigenvalue weighted by atomic mass is 127. The molecule has 0 spiro atoms. The first kappa shape index (κ1) is 8.99. The molecule has 0 radical (unpaired) electrons. The first-order valence-corrected chi connectivity index (χ1v) is 5.24. The highest BCUT2D eigenvalue weighted by Crippen LogP contribution is 2.47. The van der Waals surface area contributed by atoms with Gasteiger partial charge in [0, 0.05) is 3.57 Å². The molecule has 1 saturated carbocycles. The molecule has 13 heavy (non-hydrogen) atoms. The van der Waals surface area contributed by atoms with Crippen molar-refractivity contribution in [3.63, 3.8) is 0 Å². The van der Waals surface area contributed by atoms with Gasteiger partial charge < -0.3 is 5.11 Å². The molecule has 1 fully saturated rings. The van der Waals surface area contributed by atoms with E-state index in [9.17, 15) is 4.79 Å². The van der Waals surface area contributed by atoms with Crippen LogP contribution in [0.2, 0.25) is 0 Å². The van der Waals surface area contributed by atoms with E-state index in [0.29, 0.717) is 0 Å². The fourth-order valence-electron chi connectivity index (χ4n) is 1.55. The van der Waals surface area contributed by atoms with E-state index >= 15 is 0 Å². The maximum Gasteiger partial charge on any atom is 0.307 e. The maximum absolute atomic E-state index is 10.6. The lowest BCUT2D eigenvalue weighted by atomic mass is 10.1. The number of rotatable bonds is 2. The van der Waals surface area contributed by atoms with Crippen molar-refractivity contribution in [3.8, 4) is 0 Å². The summed E-state index contributed by atoms with van der Waals surface area (Å²) < 4.78 is 1.19. The van der Waals surface area contributed by atoms with Crippen LogP contribution in [0.3, 0.4) is 0 Å². The molecule has 3 heteroatoms. The zero-order valence-corrected chi connectivity index (χ0v) is 9.06. The summed E-state index contributed by atoms with van der Waals surface area (Å²) in [5.74, 6) is -0.543. The summed E-state index contributed by atoms with van der Waals surface area (Å²) in [7, 11) is 0. The molecular formula is C10H9IO2. The summed E-state index contributed by atoms with van der Waals surface area (Å²) >= 11 is 2.24. The molecule has 2 atom stereocenters. The Morgan fingerprint density at radius 1 is 1.38 bits per heavy atom. The summed E-state index contributed by atoms with van der Waals surface area (Å²) in [5.41, 5.74) is 1.16. The van der Waals surface area contributed by atoms with Crippen LogP contribution in [-0.4, -0.2) is 11.1 Å². The van der Waals surface area contributed by atoms with Crippen LogP contribution < -0.4 is 0 Å². The number of benzene rings is 1. The van der Waals surface area contributed by atoms with Gasteiger partial charge in [-0.15, -0.1) is 0 Å². The minimum Gasteiger partial charge on any atom is -0.481 e. The van der Waals surface area contributed by atoms with Crippen LogP contribution >= 0.6 is 22.6 Å². The molecule has 2 unspecified atom stereocenters. The Bertz CT molecular complexity index is 331. The lowest BCUT2D eigenvalue weighted by Crippen LogP contribution is -1.98. The molecule has 68 valence electrons. The predicted octanol–water partition coefficient (Wildman–Crippen LogP) is 2.48. The summed E-state index contributed by atoms with van der Waals surface area (Å²) in [6, 6.07) is 8.09. The molecule has 0 saturated heterocycles. The summed E-state index contributed by atoms with van der Waals surface area (Å²) in [5, 5.41) is 8.74. The van der Waals surface area contributed by atoms with Gasteiger partial charge in [0.05, 0.1) is 5.92 Å². The number of hydrogen-bond donors (Lipinski definition) is 1. The van der Waals surface area contributed by atoms with Crippen LogP contribution in [0.15, 0.2) is 24.3 Å².